The number of rotatable bonds is 3. The summed E-state index contributed by atoms with van der Waals surface area (Å²) in [5, 5.41) is 25.8. The van der Waals surface area contributed by atoms with E-state index in [2.05, 4.69) is 4.98 Å². The molecular weight excluding hydrogens is 194 g/mol. The molecule has 1 aromatic heterocycles. The van der Waals surface area contributed by atoms with Crippen molar-refractivity contribution in [2.24, 2.45) is 0 Å². The second kappa shape index (κ2) is 4.73. The highest BCUT2D eigenvalue weighted by Crippen LogP contribution is 2.09. The summed E-state index contributed by atoms with van der Waals surface area (Å²) < 4.78 is 0. The Kier molecular flexibility index (Phi) is 3.37. The third-order valence-corrected chi connectivity index (χ3v) is 1.81. The Labute approximate surface area is 86.2 Å². The second-order valence-corrected chi connectivity index (χ2v) is 2.82. The molecule has 0 spiro atoms. The lowest BCUT2D eigenvalue weighted by Gasteiger charge is -2.00. The van der Waals surface area contributed by atoms with Crippen LogP contribution in [0.2, 0.25) is 0 Å². The number of nitrogens with zero attached hydrogens (tertiary/aromatic N) is 3. The summed E-state index contributed by atoms with van der Waals surface area (Å²) in [6, 6.07) is 6.69. The molecule has 0 aliphatic rings. The summed E-state index contributed by atoms with van der Waals surface area (Å²) >= 11 is 0. The van der Waals surface area contributed by atoms with E-state index in [-0.39, 0.29) is 24.2 Å². The molecule has 0 saturated heterocycles. The van der Waals surface area contributed by atoms with Crippen LogP contribution < -0.4 is 0 Å². The number of carbonyl (C=O) groups is 1. The predicted octanol–water partition coefficient (Wildman–Crippen LogP) is 0.842. The van der Waals surface area contributed by atoms with Gasteiger partial charge < -0.3 is 5.11 Å². The van der Waals surface area contributed by atoms with Crippen molar-refractivity contribution in [2.75, 3.05) is 0 Å². The Hall–Kier alpha value is -2.40. The van der Waals surface area contributed by atoms with Crippen LogP contribution in [0.4, 0.5) is 0 Å². The molecule has 0 aliphatic carbocycles. The largest absolute Gasteiger partial charge is 0.481 e. The van der Waals surface area contributed by atoms with Crippen LogP contribution in [0.1, 0.15) is 23.4 Å². The molecule has 0 radical (unpaired) electrons. The van der Waals surface area contributed by atoms with E-state index in [0.717, 1.165) is 0 Å². The fraction of sp³-hybridized carbons (Fsp3) is 0.200. The van der Waals surface area contributed by atoms with Crippen molar-refractivity contribution in [3.63, 3.8) is 0 Å². The summed E-state index contributed by atoms with van der Waals surface area (Å²) in [6.45, 7) is 0. The molecule has 1 N–H and O–H groups in total. The lowest BCUT2D eigenvalue weighted by atomic mass is 10.1. The van der Waals surface area contributed by atoms with Crippen LogP contribution in [0, 0.1) is 22.7 Å². The van der Waals surface area contributed by atoms with Gasteiger partial charge in [-0.3, -0.25) is 4.79 Å². The minimum atomic E-state index is -0.928. The number of pyridine rings is 1. The predicted molar refractivity (Wildman–Crippen MR) is 49.6 cm³/mol. The Morgan fingerprint density at radius 2 is 2.13 bits per heavy atom. The number of aliphatic carboxylic acids is 1. The Balaban J connectivity index is 2.95. The summed E-state index contributed by atoms with van der Waals surface area (Å²) in [5.74, 6) is -0.928. The highest BCUT2D eigenvalue weighted by atomic mass is 16.4. The monoisotopic (exact) mass is 201 g/mol. The van der Waals surface area contributed by atoms with E-state index in [4.69, 9.17) is 15.6 Å². The SMILES string of the molecule is N#Cc1ccc(CCC(=O)O)c(C#N)n1. The van der Waals surface area contributed by atoms with Gasteiger partial charge in [-0.2, -0.15) is 10.5 Å². The topological polar surface area (TPSA) is 97.8 Å². The zero-order valence-corrected chi connectivity index (χ0v) is 7.77. The summed E-state index contributed by atoms with van der Waals surface area (Å²) in [6.07, 6.45) is 0.194. The number of aryl methyl sites for hydroxylation is 1. The quantitative estimate of drug-likeness (QED) is 0.781. The average Bonchev–Trinajstić information content (AvgIpc) is 2.25. The van der Waals surface area contributed by atoms with E-state index in [1.165, 1.54) is 6.07 Å². The van der Waals surface area contributed by atoms with Gasteiger partial charge in [0.05, 0.1) is 0 Å². The average molecular weight is 201 g/mol. The van der Waals surface area contributed by atoms with Crippen molar-refractivity contribution in [2.45, 2.75) is 12.8 Å². The number of carboxylic acid groups (broad SMARTS) is 1. The first-order chi connectivity index (χ1) is 7.17. The van der Waals surface area contributed by atoms with Gasteiger partial charge in [-0.15, -0.1) is 0 Å². The van der Waals surface area contributed by atoms with Crippen molar-refractivity contribution >= 4 is 5.97 Å². The van der Waals surface area contributed by atoms with Crippen LogP contribution >= 0.6 is 0 Å². The van der Waals surface area contributed by atoms with Gasteiger partial charge >= 0.3 is 5.97 Å². The molecule has 0 fully saturated rings. The molecule has 0 unspecified atom stereocenters. The Morgan fingerprint density at radius 3 is 2.67 bits per heavy atom. The minimum absolute atomic E-state index is 0.0533. The third kappa shape index (κ3) is 2.78. The van der Waals surface area contributed by atoms with E-state index in [9.17, 15) is 4.79 Å². The first kappa shape index (κ1) is 10.7. The maximum absolute atomic E-state index is 10.3. The van der Waals surface area contributed by atoms with Crippen LogP contribution in [0.5, 0.6) is 0 Å². The van der Waals surface area contributed by atoms with Gasteiger partial charge in [0.15, 0.2) is 0 Å². The van der Waals surface area contributed by atoms with Crippen LogP contribution in [-0.2, 0) is 11.2 Å². The molecule has 5 nitrogen and oxygen atoms in total. The van der Waals surface area contributed by atoms with Gasteiger partial charge in [-0.05, 0) is 18.1 Å². The van der Waals surface area contributed by atoms with Crippen LogP contribution in [0.25, 0.3) is 0 Å². The number of hydrogen-bond donors (Lipinski definition) is 1. The molecular formula is C10H7N3O2. The second-order valence-electron chi connectivity index (χ2n) is 2.82. The van der Waals surface area contributed by atoms with E-state index < -0.39 is 5.97 Å². The molecule has 5 heteroatoms. The van der Waals surface area contributed by atoms with Crippen LogP contribution in [-0.4, -0.2) is 16.1 Å². The summed E-state index contributed by atoms with van der Waals surface area (Å²) in [5.41, 5.74) is 0.833. The van der Waals surface area contributed by atoms with Crippen LogP contribution in [0.15, 0.2) is 12.1 Å². The van der Waals surface area contributed by atoms with Crippen molar-refractivity contribution in [3.05, 3.63) is 29.1 Å². The van der Waals surface area contributed by atoms with Gasteiger partial charge in [0.2, 0.25) is 0 Å². The number of nitriles is 2. The number of carboxylic acids is 1. The maximum atomic E-state index is 10.3. The normalized spacial score (nSPS) is 8.93. The number of hydrogen-bond acceptors (Lipinski definition) is 4. The van der Waals surface area contributed by atoms with Gasteiger partial charge in [0.1, 0.15) is 23.5 Å². The molecule has 74 valence electrons. The fourth-order valence-electron chi connectivity index (χ4n) is 1.09. The first-order valence-electron chi connectivity index (χ1n) is 4.19. The van der Waals surface area contributed by atoms with Gasteiger partial charge in [-0.1, -0.05) is 6.07 Å². The Morgan fingerprint density at radius 1 is 1.40 bits per heavy atom. The standard InChI is InChI=1S/C10H7N3O2/c11-5-8-3-1-7(2-4-10(14)15)9(6-12)13-8/h1,3H,2,4H2,(H,14,15). The first-order valence-corrected chi connectivity index (χ1v) is 4.19. The number of aromatic nitrogens is 1. The van der Waals surface area contributed by atoms with Crippen molar-refractivity contribution in [1.82, 2.24) is 4.98 Å². The highest BCUT2D eigenvalue weighted by molar-refractivity contribution is 5.67. The van der Waals surface area contributed by atoms with Crippen molar-refractivity contribution in [3.8, 4) is 12.1 Å². The highest BCUT2D eigenvalue weighted by Gasteiger charge is 2.07. The van der Waals surface area contributed by atoms with Gasteiger partial charge in [-0.25, -0.2) is 4.98 Å². The lowest BCUT2D eigenvalue weighted by molar-refractivity contribution is -0.136. The molecule has 0 aromatic carbocycles. The molecule has 1 rings (SSSR count). The lowest BCUT2D eigenvalue weighted by Crippen LogP contribution is -2.01. The molecule has 1 aromatic rings. The summed E-state index contributed by atoms with van der Waals surface area (Å²) in [7, 11) is 0. The van der Waals surface area contributed by atoms with Gasteiger partial charge in [0.25, 0.3) is 0 Å². The van der Waals surface area contributed by atoms with Crippen molar-refractivity contribution in [1.29, 1.82) is 10.5 Å². The van der Waals surface area contributed by atoms with Crippen LogP contribution in [0.3, 0.4) is 0 Å². The summed E-state index contributed by atoms with van der Waals surface area (Å²) in [4.78, 5) is 14.1. The third-order valence-electron chi connectivity index (χ3n) is 1.81. The molecule has 0 atom stereocenters. The van der Waals surface area contributed by atoms with Gasteiger partial charge in [0, 0.05) is 6.42 Å². The van der Waals surface area contributed by atoms with E-state index in [1.807, 2.05) is 12.1 Å². The molecule has 0 amide bonds. The Bertz CT molecular complexity index is 469. The minimum Gasteiger partial charge on any atom is -0.481 e. The fourth-order valence-corrected chi connectivity index (χ4v) is 1.09. The zero-order valence-electron chi connectivity index (χ0n) is 7.77. The van der Waals surface area contributed by atoms with Crippen molar-refractivity contribution < 1.29 is 9.90 Å². The molecule has 1 heterocycles. The zero-order chi connectivity index (χ0) is 11.3. The van der Waals surface area contributed by atoms with E-state index in [1.54, 1.807) is 6.07 Å². The molecule has 0 aliphatic heterocycles. The molecule has 15 heavy (non-hydrogen) atoms. The molecule has 0 bridgehead atoms. The molecule has 0 saturated carbocycles. The smallest absolute Gasteiger partial charge is 0.303 e. The van der Waals surface area contributed by atoms with E-state index >= 15 is 0 Å². The maximum Gasteiger partial charge on any atom is 0.303 e. The van der Waals surface area contributed by atoms with E-state index in [0.29, 0.717) is 5.56 Å².